The van der Waals surface area contributed by atoms with Crippen molar-refractivity contribution < 1.29 is 4.79 Å². The highest BCUT2D eigenvalue weighted by molar-refractivity contribution is 6.00. The highest BCUT2D eigenvalue weighted by atomic mass is 16.1. The van der Waals surface area contributed by atoms with Gasteiger partial charge in [0, 0.05) is 17.0 Å². The number of nitrogens with zero attached hydrogens (tertiary/aromatic N) is 2. The smallest absolute Gasteiger partial charge is 0.256 e. The molecule has 1 fully saturated rings. The molecule has 2 aromatic rings. The van der Waals surface area contributed by atoms with E-state index in [4.69, 9.17) is 0 Å². The first kappa shape index (κ1) is 21.7. The first-order valence-corrected chi connectivity index (χ1v) is 11.0. The molecule has 0 unspecified atom stereocenters. The number of rotatable bonds is 5. The summed E-state index contributed by atoms with van der Waals surface area (Å²) >= 11 is 0. The number of hydrogen-bond donors (Lipinski definition) is 3. The molecular weight excluding hydrogens is 362 g/mol. The molecule has 1 amide bonds. The number of aromatic nitrogens is 3. The fraction of sp³-hybridized carbons (Fsp3) is 0.739. The standard InChI is InChI=1S/C23H39N5O/c1-21(2,3)14-23(7,8)27-19-17(22(4,5)6)26-18-16(13-24-28(18)19)20(29)25-15-11-9-10-12-15/h13,15,26-27H,9-12,14H2,1-8H3,(H,25,29). The molecule has 1 saturated carbocycles. The second-order valence-corrected chi connectivity index (χ2v) is 11.6. The number of fused-ring (bicyclic) bond motifs is 1. The predicted molar refractivity (Wildman–Crippen MR) is 120 cm³/mol. The van der Waals surface area contributed by atoms with Crippen molar-refractivity contribution in [3.05, 3.63) is 17.5 Å². The van der Waals surface area contributed by atoms with Crippen molar-refractivity contribution >= 4 is 17.4 Å². The molecule has 2 aromatic heterocycles. The van der Waals surface area contributed by atoms with Crippen molar-refractivity contribution in [2.75, 3.05) is 5.32 Å². The van der Waals surface area contributed by atoms with Crippen LogP contribution in [0.5, 0.6) is 0 Å². The molecule has 3 N–H and O–H groups in total. The molecule has 162 valence electrons. The second kappa shape index (κ2) is 7.37. The van der Waals surface area contributed by atoms with Crippen LogP contribution in [0.25, 0.3) is 5.65 Å². The average Bonchev–Trinajstić information content (AvgIpc) is 3.21. The molecule has 0 aromatic carbocycles. The molecule has 0 saturated heterocycles. The van der Waals surface area contributed by atoms with E-state index in [2.05, 4.69) is 76.1 Å². The van der Waals surface area contributed by atoms with Crippen molar-refractivity contribution in [1.82, 2.24) is 19.9 Å². The van der Waals surface area contributed by atoms with Crippen LogP contribution in [0.1, 0.15) is 104 Å². The van der Waals surface area contributed by atoms with Crippen LogP contribution < -0.4 is 10.6 Å². The first-order valence-electron chi connectivity index (χ1n) is 11.0. The Kier molecular flexibility index (Phi) is 5.52. The Bertz CT molecular complexity index is 870. The Morgan fingerprint density at radius 3 is 2.31 bits per heavy atom. The molecular formula is C23H39N5O. The summed E-state index contributed by atoms with van der Waals surface area (Å²) in [5.41, 5.74) is 2.41. The van der Waals surface area contributed by atoms with Gasteiger partial charge in [-0.1, -0.05) is 54.4 Å². The van der Waals surface area contributed by atoms with Gasteiger partial charge in [0.1, 0.15) is 17.0 Å². The van der Waals surface area contributed by atoms with E-state index in [1.165, 1.54) is 12.8 Å². The maximum atomic E-state index is 12.9. The van der Waals surface area contributed by atoms with Gasteiger partial charge in [0.25, 0.3) is 5.91 Å². The van der Waals surface area contributed by atoms with E-state index < -0.39 is 0 Å². The number of carbonyl (C=O) groups is 1. The minimum absolute atomic E-state index is 0.0332. The summed E-state index contributed by atoms with van der Waals surface area (Å²) in [5.74, 6) is 0.913. The molecule has 3 rings (SSSR count). The molecule has 2 heterocycles. The van der Waals surface area contributed by atoms with Gasteiger partial charge in [0.05, 0.1) is 11.9 Å². The van der Waals surface area contributed by atoms with Crippen molar-refractivity contribution in [3.8, 4) is 0 Å². The topological polar surface area (TPSA) is 74.2 Å². The van der Waals surface area contributed by atoms with Crippen LogP contribution in [-0.2, 0) is 5.41 Å². The quantitative estimate of drug-likeness (QED) is 0.640. The normalized spacial score (nSPS) is 16.6. The summed E-state index contributed by atoms with van der Waals surface area (Å²) in [5, 5.41) is 11.5. The van der Waals surface area contributed by atoms with Gasteiger partial charge in [0.15, 0.2) is 0 Å². The van der Waals surface area contributed by atoms with E-state index in [-0.39, 0.29) is 28.3 Å². The van der Waals surface area contributed by atoms with Crippen molar-refractivity contribution in [3.63, 3.8) is 0 Å². The monoisotopic (exact) mass is 401 g/mol. The van der Waals surface area contributed by atoms with Crippen LogP contribution in [0, 0.1) is 5.41 Å². The fourth-order valence-electron chi connectivity index (χ4n) is 4.77. The minimum atomic E-state index is -0.119. The summed E-state index contributed by atoms with van der Waals surface area (Å²) in [6, 6.07) is 0.290. The third kappa shape index (κ3) is 4.96. The van der Waals surface area contributed by atoms with Gasteiger partial charge in [-0.3, -0.25) is 4.79 Å². The number of H-pyrrole nitrogens is 1. The third-order valence-corrected chi connectivity index (χ3v) is 5.58. The second-order valence-electron chi connectivity index (χ2n) is 11.6. The molecule has 0 bridgehead atoms. The zero-order valence-corrected chi connectivity index (χ0v) is 19.5. The number of aromatic amines is 1. The SMILES string of the molecule is CC(C)(C)CC(C)(C)Nc1c(C(C)(C)C)[nH]c2c(C(=O)NC3CCCC3)cnn12. The van der Waals surface area contributed by atoms with Crippen LogP contribution in [0.2, 0.25) is 0 Å². The molecule has 0 spiro atoms. The summed E-state index contributed by atoms with van der Waals surface area (Å²) in [6.07, 6.45) is 7.23. The Hall–Kier alpha value is -1.98. The largest absolute Gasteiger partial charge is 0.364 e. The van der Waals surface area contributed by atoms with Gasteiger partial charge in [-0.15, -0.1) is 0 Å². The lowest BCUT2D eigenvalue weighted by atomic mass is 9.81. The first-order chi connectivity index (χ1) is 13.3. The number of carbonyl (C=O) groups excluding carboxylic acids is 1. The zero-order chi connectivity index (χ0) is 21.6. The van der Waals surface area contributed by atoms with E-state index >= 15 is 0 Å². The van der Waals surface area contributed by atoms with E-state index in [0.29, 0.717) is 5.56 Å². The van der Waals surface area contributed by atoms with Gasteiger partial charge in [0.2, 0.25) is 0 Å². The highest BCUT2D eigenvalue weighted by Crippen LogP contribution is 2.35. The molecule has 1 aliphatic carbocycles. The Labute approximate surface area is 175 Å². The minimum Gasteiger partial charge on any atom is -0.364 e. The van der Waals surface area contributed by atoms with Crippen LogP contribution in [0.3, 0.4) is 0 Å². The number of nitrogens with one attached hydrogen (secondary N) is 3. The van der Waals surface area contributed by atoms with Gasteiger partial charge in [-0.05, 0) is 38.5 Å². The van der Waals surface area contributed by atoms with Gasteiger partial charge in [-0.25, -0.2) is 0 Å². The van der Waals surface area contributed by atoms with Crippen molar-refractivity contribution in [2.24, 2.45) is 5.41 Å². The fourth-order valence-corrected chi connectivity index (χ4v) is 4.77. The molecule has 1 aliphatic rings. The zero-order valence-electron chi connectivity index (χ0n) is 19.5. The lowest BCUT2D eigenvalue weighted by Gasteiger charge is -2.34. The van der Waals surface area contributed by atoms with Gasteiger partial charge >= 0.3 is 0 Å². The Morgan fingerprint density at radius 2 is 1.76 bits per heavy atom. The van der Waals surface area contributed by atoms with E-state index in [1.54, 1.807) is 6.20 Å². The third-order valence-electron chi connectivity index (χ3n) is 5.58. The van der Waals surface area contributed by atoms with E-state index in [0.717, 1.165) is 36.4 Å². The number of amides is 1. The molecule has 0 atom stereocenters. The van der Waals surface area contributed by atoms with Crippen LogP contribution in [0.4, 0.5) is 5.82 Å². The number of hydrogen-bond acceptors (Lipinski definition) is 3. The van der Waals surface area contributed by atoms with Crippen molar-refractivity contribution in [2.45, 2.75) is 104 Å². The molecule has 6 nitrogen and oxygen atoms in total. The van der Waals surface area contributed by atoms with E-state index in [9.17, 15) is 4.79 Å². The summed E-state index contributed by atoms with van der Waals surface area (Å²) in [4.78, 5) is 16.4. The van der Waals surface area contributed by atoms with Gasteiger partial charge in [-0.2, -0.15) is 9.61 Å². The van der Waals surface area contributed by atoms with Crippen molar-refractivity contribution in [1.29, 1.82) is 0 Å². The molecule has 0 radical (unpaired) electrons. The molecule has 0 aliphatic heterocycles. The summed E-state index contributed by atoms with van der Waals surface area (Å²) in [6.45, 7) is 17.8. The van der Waals surface area contributed by atoms with Gasteiger partial charge < -0.3 is 15.6 Å². The van der Waals surface area contributed by atoms with E-state index in [1.807, 2.05) is 4.52 Å². The van der Waals surface area contributed by atoms with Crippen LogP contribution in [-0.4, -0.2) is 32.1 Å². The Balaban J connectivity index is 1.98. The number of anilines is 1. The summed E-state index contributed by atoms with van der Waals surface area (Å²) in [7, 11) is 0. The number of imidazole rings is 1. The molecule has 6 heteroatoms. The lowest BCUT2D eigenvalue weighted by molar-refractivity contribution is 0.0939. The highest BCUT2D eigenvalue weighted by Gasteiger charge is 2.32. The van der Waals surface area contributed by atoms with Crippen LogP contribution >= 0.6 is 0 Å². The average molecular weight is 402 g/mol. The molecule has 29 heavy (non-hydrogen) atoms. The maximum Gasteiger partial charge on any atom is 0.256 e. The Morgan fingerprint density at radius 1 is 1.14 bits per heavy atom. The maximum absolute atomic E-state index is 12.9. The lowest BCUT2D eigenvalue weighted by Crippen LogP contribution is -2.36. The predicted octanol–water partition coefficient (Wildman–Crippen LogP) is 5.26. The summed E-state index contributed by atoms with van der Waals surface area (Å²) < 4.78 is 1.87. The van der Waals surface area contributed by atoms with Crippen LogP contribution in [0.15, 0.2) is 6.20 Å².